The lowest BCUT2D eigenvalue weighted by molar-refractivity contribution is -0.278. The second-order valence-corrected chi connectivity index (χ2v) is 7.31. The van der Waals surface area contributed by atoms with Gasteiger partial charge in [0.2, 0.25) is 11.8 Å². The first-order valence-corrected chi connectivity index (χ1v) is 8.02. The van der Waals surface area contributed by atoms with Crippen molar-refractivity contribution in [3.8, 4) is 0 Å². The average molecular weight is 345 g/mol. The van der Waals surface area contributed by atoms with E-state index in [1.807, 2.05) is 0 Å². The molecule has 2 bridgehead atoms. The van der Waals surface area contributed by atoms with E-state index in [0.717, 1.165) is 11.0 Å². The standard InChI is InChI=1S/C16H18F3NO4/c1-4-20-12(21)8-7-5-6-15(16(17,18)19,9(8)13(20)22)11-10(7)23-14(2,3)24-11/h5-11H,4H2,1-3H3/t7-,8+,9-,10+,11+,15-/m1/s1. The maximum atomic E-state index is 14.2. The van der Waals surface area contributed by atoms with Gasteiger partial charge in [-0.1, -0.05) is 12.2 Å². The third-order valence-electron chi connectivity index (χ3n) is 5.75. The molecular weight excluding hydrogens is 327 g/mol. The van der Waals surface area contributed by atoms with Crippen molar-refractivity contribution in [3.63, 3.8) is 0 Å². The maximum absolute atomic E-state index is 14.2. The summed E-state index contributed by atoms with van der Waals surface area (Å²) in [5.74, 6) is -5.58. The molecule has 5 rings (SSSR count). The third-order valence-corrected chi connectivity index (χ3v) is 5.75. The number of nitrogens with zero attached hydrogens (tertiary/aromatic N) is 1. The number of ether oxygens (including phenoxy) is 2. The van der Waals surface area contributed by atoms with E-state index in [1.165, 1.54) is 6.08 Å². The molecule has 0 aromatic heterocycles. The fourth-order valence-corrected chi connectivity index (χ4v) is 4.90. The summed E-state index contributed by atoms with van der Waals surface area (Å²) in [6, 6.07) is 0. The van der Waals surface area contributed by atoms with Gasteiger partial charge in [0.1, 0.15) is 11.5 Å². The molecule has 0 spiro atoms. The molecular formula is C16H18F3NO4. The molecule has 2 saturated heterocycles. The van der Waals surface area contributed by atoms with Gasteiger partial charge in [0.15, 0.2) is 5.79 Å². The number of likely N-dealkylation sites (tertiary alicyclic amines) is 1. The second-order valence-electron chi connectivity index (χ2n) is 7.31. The highest BCUT2D eigenvalue weighted by Gasteiger charge is 2.79. The van der Waals surface area contributed by atoms with Crippen LogP contribution in [0.1, 0.15) is 20.8 Å². The summed E-state index contributed by atoms with van der Waals surface area (Å²) < 4.78 is 54.0. The van der Waals surface area contributed by atoms with Gasteiger partial charge in [0.25, 0.3) is 0 Å². The van der Waals surface area contributed by atoms with Crippen LogP contribution in [0.4, 0.5) is 13.2 Å². The SMILES string of the molecule is CCN1C(=O)[C@H]2[C@H]3C=C[C@](C(F)(F)F)([C@H]4OC(C)(C)O[C@@H]34)[C@H]2C1=O. The molecule has 0 aromatic rings. The summed E-state index contributed by atoms with van der Waals surface area (Å²) in [7, 11) is 0. The van der Waals surface area contributed by atoms with E-state index in [-0.39, 0.29) is 6.54 Å². The zero-order chi connectivity index (χ0) is 17.7. The Labute approximate surface area is 136 Å². The molecule has 5 nitrogen and oxygen atoms in total. The summed E-state index contributed by atoms with van der Waals surface area (Å²) in [6.45, 7) is 4.74. The van der Waals surface area contributed by atoms with Crippen molar-refractivity contribution in [2.45, 2.75) is 44.9 Å². The van der Waals surface area contributed by atoms with Gasteiger partial charge in [-0.2, -0.15) is 13.2 Å². The van der Waals surface area contributed by atoms with Crippen molar-refractivity contribution < 1.29 is 32.2 Å². The highest BCUT2D eigenvalue weighted by molar-refractivity contribution is 6.06. The summed E-state index contributed by atoms with van der Waals surface area (Å²) in [5.41, 5.74) is -2.53. The predicted molar refractivity (Wildman–Crippen MR) is 74.3 cm³/mol. The van der Waals surface area contributed by atoms with Gasteiger partial charge in [-0.3, -0.25) is 14.5 Å². The minimum atomic E-state index is -4.73. The molecule has 132 valence electrons. The summed E-state index contributed by atoms with van der Waals surface area (Å²) in [4.78, 5) is 26.2. The average Bonchev–Trinajstić information content (AvgIpc) is 2.94. The van der Waals surface area contributed by atoms with Gasteiger partial charge in [-0.15, -0.1) is 0 Å². The van der Waals surface area contributed by atoms with E-state index in [4.69, 9.17) is 9.47 Å². The number of rotatable bonds is 1. The Morgan fingerprint density at radius 3 is 2.46 bits per heavy atom. The summed E-state index contributed by atoms with van der Waals surface area (Å²) >= 11 is 0. The van der Waals surface area contributed by atoms with E-state index >= 15 is 0 Å². The highest BCUT2D eigenvalue weighted by Crippen LogP contribution is 2.66. The number of carbonyl (C=O) groups excluding carboxylic acids is 2. The lowest BCUT2D eigenvalue weighted by Gasteiger charge is -2.53. The number of hydrogen-bond donors (Lipinski definition) is 0. The van der Waals surface area contributed by atoms with Crippen LogP contribution < -0.4 is 0 Å². The monoisotopic (exact) mass is 345 g/mol. The van der Waals surface area contributed by atoms with Crippen LogP contribution in [0.3, 0.4) is 0 Å². The molecule has 2 amide bonds. The quantitative estimate of drug-likeness (QED) is 0.538. The van der Waals surface area contributed by atoms with Crippen molar-refractivity contribution in [3.05, 3.63) is 12.2 Å². The maximum Gasteiger partial charge on any atom is 0.401 e. The number of halogens is 3. The van der Waals surface area contributed by atoms with Gasteiger partial charge in [-0.25, -0.2) is 0 Å². The van der Waals surface area contributed by atoms with Crippen LogP contribution in [0.25, 0.3) is 0 Å². The molecule has 6 atom stereocenters. The van der Waals surface area contributed by atoms with Crippen LogP contribution in [0.15, 0.2) is 12.2 Å². The van der Waals surface area contributed by atoms with E-state index in [0.29, 0.717) is 0 Å². The van der Waals surface area contributed by atoms with Crippen molar-refractivity contribution in [2.75, 3.05) is 6.54 Å². The first-order chi connectivity index (χ1) is 11.0. The Kier molecular flexibility index (Phi) is 2.95. The lowest BCUT2D eigenvalue weighted by Crippen LogP contribution is -2.66. The van der Waals surface area contributed by atoms with Crippen LogP contribution in [0, 0.1) is 23.2 Å². The van der Waals surface area contributed by atoms with E-state index in [2.05, 4.69) is 0 Å². The molecule has 0 N–H and O–H groups in total. The van der Waals surface area contributed by atoms with Gasteiger partial charge in [0, 0.05) is 12.5 Å². The third kappa shape index (κ3) is 1.63. The minimum Gasteiger partial charge on any atom is -0.344 e. The Balaban J connectivity index is 1.93. The molecule has 0 unspecified atom stereocenters. The largest absolute Gasteiger partial charge is 0.401 e. The first kappa shape index (κ1) is 16.1. The van der Waals surface area contributed by atoms with Crippen LogP contribution in [0.5, 0.6) is 0 Å². The van der Waals surface area contributed by atoms with Gasteiger partial charge in [0.05, 0.1) is 17.9 Å². The van der Waals surface area contributed by atoms with Crippen LogP contribution in [-0.4, -0.2) is 47.4 Å². The molecule has 0 radical (unpaired) electrons. The van der Waals surface area contributed by atoms with Gasteiger partial charge < -0.3 is 9.47 Å². The van der Waals surface area contributed by atoms with Crippen LogP contribution >= 0.6 is 0 Å². The molecule has 2 aliphatic heterocycles. The number of imide groups is 1. The Bertz CT molecular complexity index is 658. The highest BCUT2D eigenvalue weighted by atomic mass is 19.4. The van der Waals surface area contributed by atoms with Crippen molar-refractivity contribution in [1.29, 1.82) is 0 Å². The van der Waals surface area contributed by atoms with Gasteiger partial charge in [-0.05, 0) is 20.8 Å². The number of hydrogen-bond acceptors (Lipinski definition) is 4. The summed E-state index contributed by atoms with van der Waals surface area (Å²) in [5, 5.41) is 0. The zero-order valence-corrected chi connectivity index (χ0v) is 13.5. The Morgan fingerprint density at radius 1 is 1.21 bits per heavy atom. The van der Waals surface area contributed by atoms with Crippen molar-refractivity contribution in [1.82, 2.24) is 4.90 Å². The summed E-state index contributed by atoms with van der Waals surface area (Å²) in [6.07, 6.45) is -4.51. The molecule has 3 fully saturated rings. The Morgan fingerprint density at radius 2 is 1.88 bits per heavy atom. The van der Waals surface area contributed by atoms with Crippen molar-refractivity contribution in [2.24, 2.45) is 23.2 Å². The molecule has 8 heteroatoms. The molecule has 1 saturated carbocycles. The fourth-order valence-electron chi connectivity index (χ4n) is 4.90. The van der Waals surface area contributed by atoms with Crippen LogP contribution in [0.2, 0.25) is 0 Å². The Hall–Kier alpha value is -1.41. The van der Waals surface area contributed by atoms with Gasteiger partial charge >= 0.3 is 6.18 Å². The van der Waals surface area contributed by atoms with Crippen molar-refractivity contribution >= 4 is 11.8 Å². The normalized spacial score (nSPS) is 45.8. The number of alkyl halides is 3. The zero-order valence-electron chi connectivity index (χ0n) is 13.5. The molecule has 2 heterocycles. The smallest absolute Gasteiger partial charge is 0.344 e. The fraction of sp³-hybridized carbons (Fsp3) is 0.750. The lowest BCUT2D eigenvalue weighted by atomic mass is 9.52. The van der Waals surface area contributed by atoms with Crippen LogP contribution in [-0.2, 0) is 19.1 Å². The first-order valence-electron chi connectivity index (χ1n) is 8.02. The molecule has 0 aromatic carbocycles. The van der Waals surface area contributed by atoms with E-state index in [1.54, 1.807) is 20.8 Å². The number of amides is 2. The van der Waals surface area contributed by atoms with E-state index < -0.39 is 59.2 Å². The minimum absolute atomic E-state index is 0.0634. The molecule has 24 heavy (non-hydrogen) atoms. The molecule has 3 aliphatic carbocycles. The number of carbonyl (C=O) groups is 2. The second kappa shape index (κ2) is 4.40. The van der Waals surface area contributed by atoms with E-state index in [9.17, 15) is 22.8 Å². The molecule has 5 aliphatic rings. The topological polar surface area (TPSA) is 55.8 Å². The predicted octanol–water partition coefficient (Wildman–Crippen LogP) is 1.88.